The maximum absolute atomic E-state index is 13.0. The van der Waals surface area contributed by atoms with Gasteiger partial charge in [-0.25, -0.2) is 0 Å². The number of carbonyl (C=O) groups is 1. The van der Waals surface area contributed by atoms with E-state index in [0.29, 0.717) is 17.0 Å². The third kappa shape index (κ3) is 3.08. The van der Waals surface area contributed by atoms with Crippen molar-refractivity contribution < 1.29 is 13.9 Å². The number of ether oxygens (including phenoxy) is 1. The van der Waals surface area contributed by atoms with Crippen molar-refractivity contribution in [1.82, 2.24) is 0 Å². The van der Waals surface area contributed by atoms with Gasteiger partial charge < -0.3 is 14.5 Å². The number of benzene rings is 4. The molecule has 0 aliphatic rings. The summed E-state index contributed by atoms with van der Waals surface area (Å²) in [5, 5.41) is 6.09. The fourth-order valence-corrected chi connectivity index (χ4v) is 3.73. The van der Waals surface area contributed by atoms with Crippen LogP contribution < -0.4 is 10.1 Å². The first-order chi connectivity index (χ1) is 14.7. The molecule has 4 nitrogen and oxygen atoms in total. The zero-order chi connectivity index (χ0) is 20.5. The molecule has 0 fully saturated rings. The molecule has 0 saturated carbocycles. The molecule has 0 atom stereocenters. The van der Waals surface area contributed by atoms with E-state index >= 15 is 0 Å². The standard InChI is InChI=1S/C26H19NO3/c1-29-20-12-7-11-19(16-20)25-24(27-26(28)18-9-3-2-4-10-18)23-21-13-6-5-8-17(21)14-15-22(23)30-25/h2-16H,1H3,(H,27,28). The van der Waals surface area contributed by atoms with Crippen LogP contribution in [0.1, 0.15) is 10.4 Å². The molecule has 1 aromatic heterocycles. The number of amides is 1. The second kappa shape index (κ2) is 7.41. The van der Waals surface area contributed by atoms with E-state index in [4.69, 9.17) is 9.15 Å². The van der Waals surface area contributed by atoms with E-state index in [-0.39, 0.29) is 5.91 Å². The zero-order valence-corrected chi connectivity index (χ0v) is 16.4. The van der Waals surface area contributed by atoms with Gasteiger partial charge in [0.25, 0.3) is 5.91 Å². The highest BCUT2D eigenvalue weighted by Gasteiger charge is 2.21. The monoisotopic (exact) mass is 393 g/mol. The van der Waals surface area contributed by atoms with Crippen LogP contribution in [0.2, 0.25) is 0 Å². The van der Waals surface area contributed by atoms with Crippen molar-refractivity contribution >= 4 is 33.3 Å². The normalized spacial score (nSPS) is 11.0. The number of methoxy groups -OCH3 is 1. The van der Waals surface area contributed by atoms with Gasteiger partial charge in [0.05, 0.1) is 18.2 Å². The second-order valence-corrected chi connectivity index (χ2v) is 7.02. The van der Waals surface area contributed by atoms with Crippen molar-refractivity contribution in [2.24, 2.45) is 0 Å². The summed E-state index contributed by atoms with van der Waals surface area (Å²) in [4.78, 5) is 13.0. The van der Waals surface area contributed by atoms with Crippen LogP contribution in [0.15, 0.2) is 95.4 Å². The van der Waals surface area contributed by atoms with Crippen molar-refractivity contribution in [3.8, 4) is 17.1 Å². The molecule has 1 N–H and O–H groups in total. The lowest BCUT2D eigenvalue weighted by atomic mass is 10.0. The maximum atomic E-state index is 13.0. The smallest absolute Gasteiger partial charge is 0.255 e. The van der Waals surface area contributed by atoms with Crippen molar-refractivity contribution in [2.75, 3.05) is 12.4 Å². The van der Waals surface area contributed by atoms with Gasteiger partial charge in [-0.15, -0.1) is 0 Å². The molecule has 0 aliphatic carbocycles. The maximum Gasteiger partial charge on any atom is 0.255 e. The Labute approximate surface area is 173 Å². The van der Waals surface area contributed by atoms with Gasteiger partial charge in [0.1, 0.15) is 11.3 Å². The molecule has 0 radical (unpaired) electrons. The van der Waals surface area contributed by atoms with Gasteiger partial charge in [0.2, 0.25) is 0 Å². The van der Waals surface area contributed by atoms with E-state index in [1.165, 1.54) is 0 Å². The molecule has 5 rings (SSSR count). The highest BCUT2D eigenvalue weighted by atomic mass is 16.5. The van der Waals surface area contributed by atoms with E-state index in [1.807, 2.05) is 72.8 Å². The third-order valence-electron chi connectivity index (χ3n) is 5.19. The van der Waals surface area contributed by atoms with Crippen LogP contribution in [0.3, 0.4) is 0 Å². The van der Waals surface area contributed by atoms with Crippen LogP contribution in [0.25, 0.3) is 33.1 Å². The molecule has 1 heterocycles. The average Bonchev–Trinajstić information content (AvgIpc) is 3.18. The Bertz CT molecular complexity index is 1370. The van der Waals surface area contributed by atoms with Crippen LogP contribution in [0.5, 0.6) is 5.75 Å². The van der Waals surface area contributed by atoms with Gasteiger partial charge in [-0.05, 0) is 41.1 Å². The highest BCUT2D eigenvalue weighted by molar-refractivity contribution is 6.19. The van der Waals surface area contributed by atoms with Gasteiger partial charge in [0, 0.05) is 11.1 Å². The quantitative estimate of drug-likeness (QED) is 0.378. The van der Waals surface area contributed by atoms with Crippen molar-refractivity contribution in [3.63, 3.8) is 0 Å². The molecule has 0 saturated heterocycles. The Morgan fingerprint density at radius 2 is 1.67 bits per heavy atom. The predicted molar refractivity (Wildman–Crippen MR) is 120 cm³/mol. The van der Waals surface area contributed by atoms with E-state index in [0.717, 1.165) is 33.1 Å². The molecular weight excluding hydrogens is 374 g/mol. The minimum atomic E-state index is -0.185. The molecular formula is C26H19NO3. The van der Waals surface area contributed by atoms with E-state index in [2.05, 4.69) is 11.4 Å². The van der Waals surface area contributed by atoms with E-state index < -0.39 is 0 Å². The Morgan fingerprint density at radius 3 is 2.50 bits per heavy atom. The minimum absolute atomic E-state index is 0.185. The molecule has 4 aromatic carbocycles. The summed E-state index contributed by atoms with van der Waals surface area (Å²) in [6.45, 7) is 0. The summed E-state index contributed by atoms with van der Waals surface area (Å²) in [5.74, 6) is 1.14. The van der Waals surface area contributed by atoms with Gasteiger partial charge in [0.15, 0.2) is 5.76 Å². The van der Waals surface area contributed by atoms with E-state index in [9.17, 15) is 4.79 Å². The highest BCUT2D eigenvalue weighted by Crippen LogP contribution is 2.42. The van der Waals surface area contributed by atoms with Crippen LogP contribution in [0, 0.1) is 0 Å². The van der Waals surface area contributed by atoms with Gasteiger partial charge in [-0.3, -0.25) is 4.79 Å². The number of furan rings is 1. The fraction of sp³-hybridized carbons (Fsp3) is 0.0385. The Balaban J connectivity index is 1.75. The molecule has 1 amide bonds. The second-order valence-electron chi connectivity index (χ2n) is 7.02. The van der Waals surface area contributed by atoms with Crippen LogP contribution >= 0.6 is 0 Å². The summed E-state index contributed by atoms with van der Waals surface area (Å²) >= 11 is 0. The van der Waals surface area contributed by atoms with Crippen molar-refractivity contribution in [1.29, 1.82) is 0 Å². The van der Waals surface area contributed by atoms with Gasteiger partial charge >= 0.3 is 0 Å². The number of fused-ring (bicyclic) bond motifs is 3. The minimum Gasteiger partial charge on any atom is -0.497 e. The first kappa shape index (κ1) is 18.0. The summed E-state index contributed by atoms with van der Waals surface area (Å²) in [5.41, 5.74) is 2.79. The Kier molecular flexibility index (Phi) is 4.45. The van der Waals surface area contributed by atoms with Crippen LogP contribution in [0.4, 0.5) is 5.69 Å². The van der Waals surface area contributed by atoms with Crippen molar-refractivity contribution in [2.45, 2.75) is 0 Å². The van der Waals surface area contributed by atoms with Crippen molar-refractivity contribution in [3.05, 3.63) is 96.6 Å². The largest absolute Gasteiger partial charge is 0.497 e. The molecule has 0 spiro atoms. The summed E-state index contributed by atoms with van der Waals surface area (Å²) in [6.07, 6.45) is 0. The number of nitrogens with one attached hydrogen (secondary N) is 1. The number of rotatable bonds is 4. The molecule has 0 aliphatic heterocycles. The SMILES string of the molecule is COc1cccc(-c2oc3ccc4ccccc4c3c2NC(=O)c2ccccc2)c1. The molecule has 30 heavy (non-hydrogen) atoms. The average molecular weight is 393 g/mol. The Hall–Kier alpha value is -4.05. The fourth-order valence-electron chi connectivity index (χ4n) is 3.73. The van der Waals surface area contributed by atoms with Gasteiger partial charge in [-0.2, -0.15) is 0 Å². The molecule has 0 unspecified atom stereocenters. The number of hydrogen-bond donors (Lipinski definition) is 1. The zero-order valence-electron chi connectivity index (χ0n) is 16.4. The number of anilines is 1. The van der Waals surface area contributed by atoms with Crippen LogP contribution in [-0.4, -0.2) is 13.0 Å². The summed E-state index contributed by atoms with van der Waals surface area (Å²) < 4.78 is 11.6. The topological polar surface area (TPSA) is 51.5 Å². The lowest BCUT2D eigenvalue weighted by Crippen LogP contribution is -2.12. The van der Waals surface area contributed by atoms with Gasteiger partial charge in [-0.1, -0.05) is 60.7 Å². The summed E-state index contributed by atoms with van der Waals surface area (Å²) in [6, 6.07) is 28.9. The first-order valence-electron chi connectivity index (χ1n) is 9.69. The lowest BCUT2D eigenvalue weighted by Gasteiger charge is -2.08. The lowest BCUT2D eigenvalue weighted by molar-refractivity contribution is 0.102. The molecule has 4 heteroatoms. The van der Waals surface area contributed by atoms with E-state index in [1.54, 1.807) is 19.2 Å². The third-order valence-corrected chi connectivity index (χ3v) is 5.19. The van der Waals surface area contributed by atoms with Crippen LogP contribution in [-0.2, 0) is 0 Å². The number of carbonyl (C=O) groups excluding carboxylic acids is 1. The molecule has 5 aromatic rings. The molecule has 146 valence electrons. The molecule has 0 bridgehead atoms. The predicted octanol–water partition coefficient (Wildman–Crippen LogP) is 6.51. The Morgan fingerprint density at radius 1 is 0.867 bits per heavy atom. The number of hydrogen-bond acceptors (Lipinski definition) is 3. The first-order valence-corrected chi connectivity index (χ1v) is 9.69. The summed E-state index contributed by atoms with van der Waals surface area (Å²) in [7, 11) is 1.63.